The van der Waals surface area contributed by atoms with Crippen molar-refractivity contribution in [3.8, 4) is 11.8 Å². The van der Waals surface area contributed by atoms with Crippen LogP contribution in [0.5, 0.6) is 5.75 Å². The number of aromatic nitrogens is 1. The minimum Gasteiger partial charge on any atom is -0.481 e. The van der Waals surface area contributed by atoms with E-state index in [4.69, 9.17) is 10.00 Å². The third-order valence-corrected chi connectivity index (χ3v) is 6.33. The molecule has 1 aromatic carbocycles. The van der Waals surface area contributed by atoms with Crippen LogP contribution in [0.15, 0.2) is 53.7 Å². The minimum atomic E-state index is -3.62. The molecule has 0 aliphatic carbocycles. The van der Waals surface area contributed by atoms with Crippen molar-refractivity contribution in [2.45, 2.75) is 17.9 Å². The van der Waals surface area contributed by atoms with Crippen LogP contribution in [-0.4, -0.2) is 60.8 Å². The van der Waals surface area contributed by atoms with Crippen molar-refractivity contribution in [2.24, 2.45) is 0 Å². The second-order valence-corrected chi connectivity index (χ2v) is 8.26. The van der Waals surface area contributed by atoms with E-state index in [-0.39, 0.29) is 37.0 Å². The number of carbonyl (C=O) groups excluding carboxylic acids is 1. The van der Waals surface area contributed by atoms with E-state index < -0.39 is 16.1 Å². The third-order valence-electron chi connectivity index (χ3n) is 4.45. The zero-order valence-corrected chi connectivity index (χ0v) is 16.2. The van der Waals surface area contributed by atoms with E-state index in [0.29, 0.717) is 11.3 Å². The van der Waals surface area contributed by atoms with Crippen LogP contribution in [0.25, 0.3) is 0 Å². The van der Waals surface area contributed by atoms with Gasteiger partial charge in [0.05, 0.1) is 11.6 Å². The van der Waals surface area contributed by atoms with Crippen LogP contribution >= 0.6 is 0 Å². The zero-order valence-electron chi connectivity index (χ0n) is 15.4. The predicted octanol–water partition coefficient (Wildman–Crippen LogP) is 1.25. The lowest BCUT2D eigenvalue weighted by atomic mass is 10.2. The van der Waals surface area contributed by atoms with E-state index in [2.05, 4.69) is 4.98 Å². The first-order chi connectivity index (χ1) is 13.4. The summed E-state index contributed by atoms with van der Waals surface area (Å²) in [7, 11) is -3.62. The number of benzene rings is 1. The number of rotatable bonds is 5. The number of carbonyl (C=O) groups is 1. The number of ether oxygens (including phenoxy) is 1. The molecule has 3 rings (SSSR count). The van der Waals surface area contributed by atoms with E-state index in [1.807, 2.05) is 6.07 Å². The summed E-state index contributed by atoms with van der Waals surface area (Å²) in [5, 5.41) is 8.94. The lowest BCUT2D eigenvalue weighted by molar-refractivity contribution is -0.139. The molecule has 0 radical (unpaired) electrons. The van der Waals surface area contributed by atoms with Crippen molar-refractivity contribution >= 4 is 15.9 Å². The van der Waals surface area contributed by atoms with Gasteiger partial charge in [0.25, 0.3) is 5.91 Å². The fourth-order valence-corrected chi connectivity index (χ4v) is 4.33. The maximum Gasteiger partial charge on any atom is 0.263 e. The number of hydrogen-bond acceptors (Lipinski definition) is 6. The SMILES string of the molecule is CC(Oc1cccc(C#N)c1)C(=O)N1CCN(S(=O)(=O)c2cccnc2)CC1. The minimum absolute atomic E-state index is 0.142. The molecule has 1 amide bonds. The Bertz CT molecular complexity index is 980. The highest BCUT2D eigenvalue weighted by Gasteiger charge is 2.32. The number of sulfonamides is 1. The molecule has 1 unspecified atom stereocenters. The van der Waals surface area contributed by atoms with Gasteiger partial charge in [0.15, 0.2) is 6.10 Å². The molecule has 0 N–H and O–H groups in total. The predicted molar refractivity (Wildman–Crippen MR) is 101 cm³/mol. The van der Waals surface area contributed by atoms with Crippen molar-refractivity contribution in [2.75, 3.05) is 26.2 Å². The average Bonchev–Trinajstić information content (AvgIpc) is 2.74. The summed E-state index contributed by atoms with van der Waals surface area (Å²) in [6, 6.07) is 11.7. The van der Waals surface area contributed by atoms with Crippen LogP contribution < -0.4 is 4.74 Å². The highest BCUT2D eigenvalue weighted by Crippen LogP contribution is 2.18. The van der Waals surface area contributed by atoms with E-state index >= 15 is 0 Å². The molecule has 0 spiro atoms. The van der Waals surface area contributed by atoms with Gasteiger partial charge >= 0.3 is 0 Å². The molecule has 0 bridgehead atoms. The third kappa shape index (κ3) is 4.30. The van der Waals surface area contributed by atoms with Gasteiger partial charge in [0.2, 0.25) is 10.0 Å². The number of piperazine rings is 1. The monoisotopic (exact) mass is 400 g/mol. The molecule has 9 heteroatoms. The maximum absolute atomic E-state index is 12.6. The Morgan fingerprint density at radius 1 is 1.21 bits per heavy atom. The second-order valence-electron chi connectivity index (χ2n) is 6.32. The van der Waals surface area contributed by atoms with E-state index in [0.717, 1.165) is 0 Å². The number of nitrogens with zero attached hydrogens (tertiary/aromatic N) is 4. The summed E-state index contributed by atoms with van der Waals surface area (Å²) in [5.74, 6) is 0.221. The summed E-state index contributed by atoms with van der Waals surface area (Å²) in [6.45, 7) is 2.62. The Morgan fingerprint density at radius 2 is 1.96 bits per heavy atom. The first-order valence-electron chi connectivity index (χ1n) is 8.77. The van der Waals surface area contributed by atoms with Crippen LogP contribution in [0.2, 0.25) is 0 Å². The molecule has 1 atom stereocenters. The van der Waals surface area contributed by atoms with Gasteiger partial charge in [-0.05, 0) is 37.3 Å². The van der Waals surface area contributed by atoms with Crippen LogP contribution in [0.3, 0.4) is 0 Å². The van der Waals surface area contributed by atoms with Gasteiger partial charge < -0.3 is 9.64 Å². The quantitative estimate of drug-likeness (QED) is 0.748. The summed E-state index contributed by atoms with van der Waals surface area (Å²) in [6.07, 6.45) is 2.09. The fourth-order valence-electron chi connectivity index (χ4n) is 2.95. The molecule has 1 aliphatic rings. The molecule has 1 saturated heterocycles. The molecule has 0 saturated carbocycles. The van der Waals surface area contributed by atoms with Crippen LogP contribution in [0.1, 0.15) is 12.5 Å². The van der Waals surface area contributed by atoms with Gasteiger partial charge in [0, 0.05) is 38.6 Å². The standard InChI is InChI=1S/C19H20N4O4S/c1-15(27-17-5-2-4-16(12-17)13-20)19(24)22-8-10-23(11-9-22)28(25,26)18-6-3-7-21-14-18/h2-7,12,14-15H,8-11H2,1H3. The fraction of sp³-hybridized carbons (Fsp3) is 0.316. The topological polar surface area (TPSA) is 104 Å². The first-order valence-corrected chi connectivity index (χ1v) is 10.2. The highest BCUT2D eigenvalue weighted by molar-refractivity contribution is 7.89. The van der Waals surface area contributed by atoms with Crippen LogP contribution in [0, 0.1) is 11.3 Å². The van der Waals surface area contributed by atoms with Gasteiger partial charge in [-0.3, -0.25) is 9.78 Å². The Labute approximate surface area is 164 Å². The summed E-state index contributed by atoms with van der Waals surface area (Å²) in [4.78, 5) is 18.2. The molecule has 8 nitrogen and oxygen atoms in total. The molecule has 2 heterocycles. The highest BCUT2D eigenvalue weighted by atomic mass is 32.2. The van der Waals surface area contributed by atoms with Crippen LogP contribution in [0.4, 0.5) is 0 Å². The smallest absolute Gasteiger partial charge is 0.263 e. The summed E-state index contributed by atoms with van der Waals surface area (Å²) in [5.41, 5.74) is 0.450. The average molecular weight is 400 g/mol. The normalized spacial score (nSPS) is 16.2. The molecule has 146 valence electrons. The number of amides is 1. The molecular formula is C19H20N4O4S. The number of pyridine rings is 1. The lowest BCUT2D eigenvalue weighted by Gasteiger charge is -2.35. The van der Waals surface area contributed by atoms with Crippen molar-refractivity contribution in [1.82, 2.24) is 14.2 Å². The Hall–Kier alpha value is -2.96. The first kappa shape index (κ1) is 19.8. The van der Waals surface area contributed by atoms with Crippen molar-refractivity contribution < 1.29 is 17.9 Å². The van der Waals surface area contributed by atoms with Crippen LogP contribution in [-0.2, 0) is 14.8 Å². The van der Waals surface area contributed by atoms with Gasteiger partial charge in [-0.2, -0.15) is 9.57 Å². The Balaban J connectivity index is 1.59. The van der Waals surface area contributed by atoms with Crippen molar-refractivity contribution in [3.63, 3.8) is 0 Å². The summed E-state index contributed by atoms with van der Waals surface area (Å²) >= 11 is 0. The molecular weight excluding hydrogens is 380 g/mol. The lowest BCUT2D eigenvalue weighted by Crippen LogP contribution is -2.53. The summed E-state index contributed by atoms with van der Waals surface area (Å²) < 4.78 is 32.3. The van der Waals surface area contributed by atoms with E-state index in [1.54, 1.807) is 42.2 Å². The molecule has 2 aromatic rings. The number of nitriles is 1. The second kappa shape index (κ2) is 8.37. The van der Waals surface area contributed by atoms with E-state index in [9.17, 15) is 13.2 Å². The number of hydrogen-bond donors (Lipinski definition) is 0. The van der Waals surface area contributed by atoms with Crippen molar-refractivity contribution in [3.05, 3.63) is 54.4 Å². The van der Waals surface area contributed by atoms with Gasteiger partial charge in [-0.25, -0.2) is 8.42 Å². The molecule has 1 aliphatic heterocycles. The largest absolute Gasteiger partial charge is 0.481 e. The Morgan fingerprint density at radius 3 is 2.61 bits per heavy atom. The van der Waals surface area contributed by atoms with Gasteiger partial charge in [0.1, 0.15) is 10.6 Å². The van der Waals surface area contributed by atoms with Gasteiger partial charge in [-0.15, -0.1) is 0 Å². The van der Waals surface area contributed by atoms with E-state index in [1.165, 1.54) is 22.8 Å². The maximum atomic E-state index is 12.6. The molecule has 1 fully saturated rings. The Kier molecular flexibility index (Phi) is 5.92. The zero-order chi connectivity index (χ0) is 20.1. The van der Waals surface area contributed by atoms with Gasteiger partial charge in [-0.1, -0.05) is 6.07 Å². The molecule has 28 heavy (non-hydrogen) atoms. The molecule has 1 aromatic heterocycles. The van der Waals surface area contributed by atoms with Crippen molar-refractivity contribution in [1.29, 1.82) is 5.26 Å².